The first-order valence-corrected chi connectivity index (χ1v) is 11.1. The van der Waals surface area contributed by atoms with E-state index in [4.69, 9.17) is 26.1 Å². The fraction of sp³-hybridized carbons (Fsp3) is 0.217. The molecule has 1 aromatic heterocycles. The highest BCUT2D eigenvalue weighted by Gasteiger charge is 2.54. The van der Waals surface area contributed by atoms with E-state index in [2.05, 4.69) is 15.9 Å². The SMILES string of the molecule is COc1cccc2c1O[C@@]1(C)C[C@H]2N(C(=O)c2ccc(Br)o2)C(=S)N1c1ccc(F)cc1. The number of para-hydroxylation sites is 1. The van der Waals surface area contributed by atoms with Crippen molar-refractivity contribution in [2.45, 2.75) is 25.1 Å². The predicted molar refractivity (Wildman–Crippen MR) is 123 cm³/mol. The van der Waals surface area contributed by atoms with E-state index in [1.54, 1.807) is 42.3 Å². The summed E-state index contributed by atoms with van der Waals surface area (Å²) in [5, 5.41) is 0.237. The van der Waals surface area contributed by atoms with Crippen LogP contribution in [-0.2, 0) is 0 Å². The first-order valence-electron chi connectivity index (χ1n) is 9.87. The third kappa shape index (κ3) is 3.18. The van der Waals surface area contributed by atoms with Crippen LogP contribution in [0.15, 0.2) is 63.7 Å². The summed E-state index contributed by atoms with van der Waals surface area (Å²) in [5.74, 6) is 0.498. The second-order valence-corrected chi connectivity index (χ2v) is 8.90. The maximum atomic E-state index is 13.6. The normalized spacial score (nSPS) is 21.8. The number of hydrogen-bond donors (Lipinski definition) is 0. The number of furan rings is 1. The molecule has 2 aliphatic rings. The van der Waals surface area contributed by atoms with Crippen LogP contribution < -0.4 is 14.4 Å². The van der Waals surface area contributed by atoms with Crippen LogP contribution in [0.5, 0.6) is 11.5 Å². The van der Waals surface area contributed by atoms with Gasteiger partial charge < -0.3 is 13.9 Å². The smallest absolute Gasteiger partial charge is 0.296 e. The summed E-state index contributed by atoms with van der Waals surface area (Å²) in [4.78, 5) is 16.9. The first kappa shape index (κ1) is 21.0. The highest BCUT2D eigenvalue weighted by Crippen LogP contribution is 2.52. The zero-order chi connectivity index (χ0) is 22.6. The Morgan fingerprint density at radius 1 is 1.22 bits per heavy atom. The number of rotatable bonds is 3. The van der Waals surface area contributed by atoms with Crippen molar-refractivity contribution in [2.75, 3.05) is 12.0 Å². The molecule has 3 aromatic rings. The summed E-state index contributed by atoms with van der Waals surface area (Å²) in [7, 11) is 1.57. The van der Waals surface area contributed by atoms with Crippen LogP contribution in [0.2, 0.25) is 0 Å². The van der Waals surface area contributed by atoms with Crippen molar-refractivity contribution >= 4 is 44.9 Å². The molecular weight excluding hydrogens is 499 g/mol. The molecule has 0 radical (unpaired) electrons. The van der Waals surface area contributed by atoms with E-state index in [1.165, 1.54) is 17.0 Å². The molecule has 5 rings (SSSR count). The van der Waals surface area contributed by atoms with Crippen LogP contribution in [0.25, 0.3) is 0 Å². The first-order chi connectivity index (χ1) is 15.3. The summed E-state index contributed by atoms with van der Waals surface area (Å²) < 4.78 is 31.6. The minimum absolute atomic E-state index is 0.151. The Labute approximate surface area is 197 Å². The number of benzene rings is 2. The van der Waals surface area contributed by atoms with E-state index in [0.717, 1.165) is 5.56 Å². The van der Waals surface area contributed by atoms with E-state index in [0.29, 0.717) is 28.3 Å². The Bertz CT molecular complexity index is 1230. The topological polar surface area (TPSA) is 55.2 Å². The summed E-state index contributed by atoms with van der Waals surface area (Å²) in [6.07, 6.45) is 0.429. The average molecular weight is 517 g/mol. The third-order valence-electron chi connectivity index (χ3n) is 5.75. The molecule has 0 unspecified atom stereocenters. The second-order valence-electron chi connectivity index (χ2n) is 7.75. The lowest BCUT2D eigenvalue weighted by Gasteiger charge is -2.55. The molecule has 3 heterocycles. The van der Waals surface area contributed by atoms with Crippen molar-refractivity contribution in [3.05, 3.63) is 76.4 Å². The standard InChI is InChI=1S/C23H18BrFN2O4S/c1-23-12-16(15-4-3-5-17(29-2)20(15)31-23)26(21(28)18-10-11-19(24)30-18)22(32)27(23)14-8-6-13(25)7-9-14/h3-11,16H,12H2,1-2H3/t16-,23+/m1/s1. The molecule has 32 heavy (non-hydrogen) atoms. The highest BCUT2D eigenvalue weighted by molar-refractivity contribution is 9.10. The zero-order valence-corrected chi connectivity index (χ0v) is 19.6. The fourth-order valence-electron chi connectivity index (χ4n) is 4.36. The Hall–Kier alpha value is -2.91. The lowest BCUT2D eigenvalue weighted by Crippen LogP contribution is -2.67. The number of ether oxygens (including phenoxy) is 2. The van der Waals surface area contributed by atoms with E-state index < -0.39 is 11.8 Å². The quantitative estimate of drug-likeness (QED) is 0.417. The van der Waals surface area contributed by atoms with E-state index in [9.17, 15) is 9.18 Å². The lowest BCUT2D eigenvalue weighted by atomic mass is 9.88. The third-order valence-corrected chi connectivity index (χ3v) is 6.56. The van der Waals surface area contributed by atoms with Crippen LogP contribution in [0.4, 0.5) is 10.1 Å². The van der Waals surface area contributed by atoms with Gasteiger partial charge in [-0.2, -0.15) is 0 Å². The molecule has 0 saturated carbocycles. The van der Waals surface area contributed by atoms with E-state index in [1.807, 2.05) is 19.1 Å². The molecule has 1 amide bonds. The molecule has 9 heteroatoms. The number of methoxy groups -OCH3 is 1. The molecule has 2 atom stereocenters. The van der Waals surface area contributed by atoms with E-state index >= 15 is 0 Å². The van der Waals surface area contributed by atoms with Gasteiger partial charge in [-0.3, -0.25) is 14.6 Å². The van der Waals surface area contributed by atoms with Crippen molar-refractivity contribution in [3.8, 4) is 11.5 Å². The van der Waals surface area contributed by atoms with Crippen LogP contribution in [0.3, 0.4) is 0 Å². The fourth-order valence-corrected chi connectivity index (χ4v) is 5.17. The molecule has 0 N–H and O–H groups in total. The summed E-state index contributed by atoms with van der Waals surface area (Å²) in [5.41, 5.74) is 0.470. The molecule has 164 valence electrons. The van der Waals surface area contributed by atoms with Gasteiger partial charge in [0.05, 0.1) is 13.2 Å². The molecule has 0 spiro atoms. The van der Waals surface area contributed by atoms with Crippen LogP contribution in [-0.4, -0.2) is 28.8 Å². The minimum atomic E-state index is -0.929. The average Bonchev–Trinajstić information content (AvgIpc) is 3.20. The number of halogens is 2. The summed E-state index contributed by atoms with van der Waals surface area (Å²) in [6, 6.07) is 14.3. The van der Waals surface area contributed by atoms with Gasteiger partial charge in [0.15, 0.2) is 32.8 Å². The van der Waals surface area contributed by atoms with Crippen LogP contribution in [0, 0.1) is 5.82 Å². The zero-order valence-electron chi connectivity index (χ0n) is 17.2. The van der Waals surface area contributed by atoms with Gasteiger partial charge >= 0.3 is 0 Å². The Morgan fingerprint density at radius 3 is 2.62 bits per heavy atom. The second kappa shape index (κ2) is 7.60. The predicted octanol–water partition coefficient (Wildman–Crippen LogP) is 5.68. The number of anilines is 1. The monoisotopic (exact) mass is 516 g/mol. The highest BCUT2D eigenvalue weighted by atomic mass is 79.9. The molecule has 0 aliphatic carbocycles. The molecule has 6 nitrogen and oxygen atoms in total. The van der Waals surface area contributed by atoms with Crippen LogP contribution >= 0.6 is 28.1 Å². The van der Waals surface area contributed by atoms with Gasteiger partial charge in [0.25, 0.3) is 5.91 Å². The summed E-state index contributed by atoms with van der Waals surface area (Å²) >= 11 is 9.08. The number of fused-ring (bicyclic) bond motifs is 4. The van der Waals surface area contributed by atoms with Crippen molar-refractivity contribution in [1.29, 1.82) is 0 Å². The van der Waals surface area contributed by atoms with Gasteiger partial charge in [0.1, 0.15) is 5.82 Å². The molecule has 2 aromatic carbocycles. The number of thiocarbonyl (C=S) groups is 1. The lowest BCUT2D eigenvalue weighted by molar-refractivity contribution is 0.0152. The van der Waals surface area contributed by atoms with Crippen molar-refractivity contribution in [2.24, 2.45) is 0 Å². The largest absolute Gasteiger partial charge is 0.493 e. The van der Waals surface area contributed by atoms with Crippen molar-refractivity contribution in [3.63, 3.8) is 0 Å². The number of hydrogen-bond acceptors (Lipinski definition) is 5. The molecule has 2 aliphatic heterocycles. The number of nitrogens with zero attached hydrogens (tertiary/aromatic N) is 2. The summed E-state index contributed by atoms with van der Waals surface area (Å²) in [6.45, 7) is 1.90. The minimum Gasteiger partial charge on any atom is -0.493 e. The van der Waals surface area contributed by atoms with Crippen molar-refractivity contribution in [1.82, 2.24) is 4.90 Å². The van der Waals surface area contributed by atoms with Gasteiger partial charge in [-0.15, -0.1) is 0 Å². The maximum Gasteiger partial charge on any atom is 0.296 e. The molecule has 1 fully saturated rings. The maximum absolute atomic E-state index is 13.6. The molecule has 2 bridgehead atoms. The van der Waals surface area contributed by atoms with Gasteiger partial charge in [-0.25, -0.2) is 4.39 Å². The van der Waals surface area contributed by atoms with Gasteiger partial charge in [-0.05, 0) is 77.5 Å². The van der Waals surface area contributed by atoms with E-state index in [-0.39, 0.29) is 22.6 Å². The number of carbonyl (C=O) groups excluding carboxylic acids is 1. The number of carbonyl (C=O) groups is 1. The number of amides is 1. The van der Waals surface area contributed by atoms with Gasteiger partial charge in [0, 0.05) is 17.7 Å². The van der Waals surface area contributed by atoms with Crippen LogP contribution in [0.1, 0.15) is 35.5 Å². The Balaban J connectivity index is 1.70. The van der Waals surface area contributed by atoms with Gasteiger partial charge in [-0.1, -0.05) is 12.1 Å². The Kier molecular flexibility index (Phi) is 4.98. The molecular formula is C23H18BrFN2O4S. The Morgan fingerprint density at radius 2 is 1.97 bits per heavy atom. The molecule has 1 saturated heterocycles. The van der Waals surface area contributed by atoms with Gasteiger partial charge in [0.2, 0.25) is 0 Å². The van der Waals surface area contributed by atoms with Crippen molar-refractivity contribution < 1.29 is 23.1 Å².